The van der Waals surface area contributed by atoms with Crippen LogP contribution in [0.3, 0.4) is 0 Å². The number of alkyl halides is 1. The normalized spacial score (nSPS) is 24.6. The molecular weight excluding hydrogens is 226 g/mol. The van der Waals surface area contributed by atoms with E-state index < -0.39 is 0 Å². The molecule has 88 valence electrons. The zero-order chi connectivity index (χ0) is 11.4. The Morgan fingerprint density at radius 1 is 1.56 bits per heavy atom. The molecule has 4 heteroatoms. The maximum absolute atomic E-state index is 11.6. The van der Waals surface area contributed by atoms with E-state index in [9.17, 15) is 4.79 Å². The molecule has 1 aliphatic rings. The van der Waals surface area contributed by atoms with Gasteiger partial charge in [-0.1, -0.05) is 0 Å². The third-order valence-corrected chi connectivity index (χ3v) is 3.48. The summed E-state index contributed by atoms with van der Waals surface area (Å²) in [6, 6.07) is 3.87. The van der Waals surface area contributed by atoms with E-state index in [2.05, 4.69) is 5.32 Å². The molecule has 0 radical (unpaired) electrons. The number of amides is 1. The second-order valence-corrected chi connectivity index (χ2v) is 4.76. The van der Waals surface area contributed by atoms with Gasteiger partial charge in [0, 0.05) is 18.9 Å². The first-order valence-corrected chi connectivity index (χ1v) is 6.15. The third-order valence-electron chi connectivity index (χ3n) is 2.96. The molecule has 1 aromatic rings. The quantitative estimate of drug-likeness (QED) is 0.823. The van der Waals surface area contributed by atoms with Crippen LogP contribution in [0, 0.1) is 0 Å². The largest absolute Gasteiger partial charge is 0.469 e. The Morgan fingerprint density at radius 2 is 2.44 bits per heavy atom. The summed E-state index contributed by atoms with van der Waals surface area (Å²) in [5, 5.41) is 3.08. The van der Waals surface area contributed by atoms with Crippen LogP contribution in [0.4, 0.5) is 0 Å². The number of carbonyl (C=O) groups is 1. The fourth-order valence-electron chi connectivity index (χ4n) is 2.05. The van der Waals surface area contributed by atoms with Gasteiger partial charge in [-0.15, -0.1) is 11.6 Å². The molecule has 1 N–H and O–H groups in total. The second-order valence-electron chi connectivity index (χ2n) is 4.20. The van der Waals surface area contributed by atoms with Crippen molar-refractivity contribution in [3.8, 4) is 0 Å². The first-order chi connectivity index (χ1) is 7.75. The third kappa shape index (κ3) is 3.01. The number of hydrogen-bond acceptors (Lipinski definition) is 2. The van der Waals surface area contributed by atoms with Crippen LogP contribution in [0.25, 0.3) is 0 Å². The Labute approximate surface area is 100 Å². The number of rotatable bonds is 4. The van der Waals surface area contributed by atoms with E-state index in [-0.39, 0.29) is 17.3 Å². The highest BCUT2D eigenvalue weighted by atomic mass is 35.5. The van der Waals surface area contributed by atoms with Gasteiger partial charge in [0.2, 0.25) is 5.91 Å². The van der Waals surface area contributed by atoms with E-state index >= 15 is 0 Å². The van der Waals surface area contributed by atoms with E-state index in [0.29, 0.717) is 12.8 Å². The van der Waals surface area contributed by atoms with Gasteiger partial charge in [-0.2, -0.15) is 0 Å². The zero-order valence-corrected chi connectivity index (χ0v) is 9.87. The van der Waals surface area contributed by atoms with E-state index in [4.69, 9.17) is 16.0 Å². The van der Waals surface area contributed by atoms with Crippen molar-refractivity contribution < 1.29 is 9.21 Å². The summed E-state index contributed by atoms with van der Waals surface area (Å²) in [7, 11) is 0. The summed E-state index contributed by atoms with van der Waals surface area (Å²) in [6.45, 7) is 0. The molecular formula is C12H16ClNO2. The van der Waals surface area contributed by atoms with Crippen molar-refractivity contribution in [2.45, 2.75) is 43.5 Å². The second kappa shape index (κ2) is 5.39. The standard InChI is InChI=1S/C12H16ClNO2/c13-10-4-1-5-11(10)14-12(15)7-6-9-3-2-8-16-9/h2-3,8,10-11H,1,4-7H2,(H,14,15). The van der Waals surface area contributed by atoms with Gasteiger partial charge in [-0.3, -0.25) is 4.79 Å². The van der Waals surface area contributed by atoms with E-state index in [0.717, 1.165) is 25.0 Å². The van der Waals surface area contributed by atoms with Crippen molar-refractivity contribution in [3.63, 3.8) is 0 Å². The van der Waals surface area contributed by atoms with Gasteiger partial charge < -0.3 is 9.73 Å². The maximum atomic E-state index is 11.6. The predicted octanol–water partition coefficient (Wildman–Crippen LogP) is 2.49. The van der Waals surface area contributed by atoms with E-state index in [1.54, 1.807) is 6.26 Å². The summed E-state index contributed by atoms with van der Waals surface area (Å²) >= 11 is 6.09. The first-order valence-electron chi connectivity index (χ1n) is 5.71. The Morgan fingerprint density at radius 3 is 3.06 bits per heavy atom. The molecule has 2 unspecified atom stereocenters. The first kappa shape index (κ1) is 11.5. The lowest BCUT2D eigenvalue weighted by atomic mass is 10.2. The van der Waals surface area contributed by atoms with Crippen molar-refractivity contribution in [3.05, 3.63) is 24.2 Å². The molecule has 3 nitrogen and oxygen atoms in total. The molecule has 1 fully saturated rings. The molecule has 0 bridgehead atoms. The number of nitrogens with one attached hydrogen (secondary N) is 1. The highest BCUT2D eigenvalue weighted by Gasteiger charge is 2.26. The van der Waals surface area contributed by atoms with Crippen molar-refractivity contribution in [1.82, 2.24) is 5.32 Å². The van der Waals surface area contributed by atoms with Gasteiger partial charge in [0.1, 0.15) is 5.76 Å². The fraction of sp³-hybridized carbons (Fsp3) is 0.583. The van der Waals surface area contributed by atoms with Crippen LogP contribution < -0.4 is 5.32 Å². The average Bonchev–Trinajstić information content (AvgIpc) is 2.88. The van der Waals surface area contributed by atoms with E-state index in [1.807, 2.05) is 12.1 Å². The molecule has 1 aromatic heterocycles. The van der Waals surface area contributed by atoms with Crippen molar-refractivity contribution >= 4 is 17.5 Å². The highest BCUT2D eigenvalue weighted by molar-refractivity contribution is 6.21. The Hall–Kier alpha value is -0.960. The summed E-state index contributed by atoms with van der Waals surface area (Å²) in [5.41, 5.74) is 0. The van der Waals surface area contributed by atoms with E-state index in [1.165, 1.54) is 0 Å². The van der Waals surface area contributed by atoms with Crippen LogP contribution in [-0.2, 0) is 11.2 Å². The average molecular weight is 242 g/mol. The SMILES string of the molecule is O=C(CCc1ccco1)NC1CCCC1Cl. The molecule has 16 heavy (non-hydrogen) atoms. The van der Waals surface area contributed by atoms with Gasteiger partial charge in [0.25, 0.3) is 0 Å². The number of furan rings is 1. The van der Waals surface area contributed by atoms with Crippen LogP contribution in [0.2, 0.25) is 0 Å². The lowest BCUT2D eigenvalue weighted by Gasteiger charge is -2.15. The molecule has 0 aromatic carbocycles. The monoisotopic (exact) mass is 241 g/mol. The number of halogens is 1. The lowest BCUT2D eigenvalue weighted by Crippen LogP contribution is -2.37. The lowest BCUT2D eigenvalue weighted by molar-refractivity contribution is -0.121. The van der Waals surface area contributed by atoms with Crippen molar-refractivity contribution in [2.24, 2.45) is 0 Å². The summed E-state index contributed by atoms with van der Waals surface area (Å²) in [4.78, 5) is 11.6. The van der Waals surface area contributed by atoms with Crippen LogP contribution >= 0.6 is 11.6 Å². The van der Waals surface area contributed by atoms with Crippen LogP contribution in [0.5, 0.6) is 0 Å². The zero-order valence-electron chi connectivity index (χ0n) is 9.12. The minimum atomic E-state index is 0.0638. The minimum absolute atomic E-state index is 0.0638. The van der Waals surface area contributed by atoms with Gasteiger partial charge in [0.05, 0.1) is 11.6 Å². The minimum Gasteiger partial charge on any atom is -0.469 e. The Kier molecular flexibility index (Phi) is 3.88. The number of hydrogen-bond donors (Lipinski definition) is 1. The van der Waals surface area contributed by atoms with Gasteiger partial charge >= 0.3 is 0 Å². The topological polar surface area (TPSA) is 42.2 Å². The van der Waals surface area contributed by atoms with Crippen molar-refractivity contribution in [2.75, 3.05) is 0 Å². The van der Waals surface area contributed by atoms with Gasteiger partial charge in [0.15, 0.2) is 0 Å². The molecule has 0 aliphatic heterocycles. The Balaban J connectivity index is 1.72. The highest BCUT2D eigenvalue weighted by Crippen LogP contribution is 2.23. The molecule has 2 rings (SSSR count). The maximum Gasteiger partial charge on any atom is 0.220 e. The van der Waals surface area contributed by atoms with Gasteiger partial charge in [-0.25, -0.2) is 0 Å². The Bertz CT molecular complexity index is 337. The van der Waals surface area contributed by atoms with Crippen LogP contribution in [0.1, 0.15) is 31.4 Å². The predicted molar refractivity (Wildman–Crippen MR) is 62.5 cm³/mol. The number of aryl methyl sites for hydroxylation is 1. The summed E-state index contributed by atoms with van der Waals surface area (Å²) in [6.07, 6.45) is 5.85. The smallest absolute Gasteiger partial charge is 0.220 e. The fourth-order valence-corrected chi connectivity index (χ4v) is 2.39. The number of carbonyl (C=O) groups excluding carboxylic acids is 1. The molecule has 0 saturated heterocycles. The molecule has 0 spiro atoms. The molecule has 1 saturated carbocycles. The molecule has 1 amide bonds. The summed E-state index contributed by atoms with van der Waals surface area (Å²) in [5.74, 6) is 0.915. The van der Waals surface area contributed by atoms with Crippen molar-refractivity contribution in [1.29, 1.82) is 0 Å². The molecule has 1 heterocycles. The van der Waals surface area contributed by atoms with Crippen LogP contribution in [-0.4, -0.2) is 17.3 Å². The molecule has 2 atom stereocenters. The summed E-state index contributed by atoms with van der Waals surface area (Å²) < 4.78 is 5.17. The van der Waals surface area contributed by atoms with Gasteiger partial charge in [-0.05, 0) is 31.4 Å². The molecule has 1 aliphatic carbocycles. The van der Waals surface area contributed by atoms with Crippen LogP contribution in [0.15, 0.2) is 22.8 Å².